The van der Waals surface area contributed by atoms with E-state index < -0.39 is 34.9 Å². The van der Waals surface area contributed by atoms with Gasteiger partial charge in [-0.1, -0.05) is 6.07 Å². The van der Waals surface area contributed by atoms with Crippen molar-refractivity contribution in [2.45, 2.75) is 90.3 Å². The second-order valence-electron chi connectivity index (χ2n) is 13.3. The lowest BCUT2D eigenvalue weighted by atomic mass is 9.86. The summed E-state index contributed by atoms with van der Waals surface area (Å²) in [5.41, 5.74) is -0.638. The van der Waals surface area contributed by atoms with Gasteiger partial charge in [-0.3, -0.25) is 9.69 Å². The predicted molar refractivity (Wildman–Crippen MR) is 158 cm³/mol. The summed E-state index contributed by atoms with van der Waals surface area (Å²) in [6, 6.07) is 1.72. The number of piperidine rings is 1. The number of hydrogen-bond donors (Lipinski definition) is 0. The molecule has 1 atom stereocenters. The maximum Gasteiger partial charge on any atom is 0.419 e. The third-order valence-corrected chi connectivity index (χ3v) is 8.93. The van der Waals surface area contributed by atoms with Gasteiger partial charge in [-0.2, -0.15) is 18.3 Å². The van der Waals surface area contributed by atoms with Crippen LogP contribution in [0.25, 0.3) is 0 Å². The van der Waals surface area contributed by atoms with E-state index in [1.165, 1.54) is 0 Å². The molecule has 2 amide bonds. The summed E-state index contributed by atoms with van der Waals surface area (Å²) in [5, 5.41) is 4.75. The summed E-state index contributed by atoms with van der Waals surface area (Å²) >= 11 is 0. The van der Waals surface area contributed by atoms with Crippen LogP contribution in [0.3, 0.4) is 0 Å². The Hall–Kier alpha value is -3.26. The van der Waals surface area contributed by atoms with Crippen LogP contribution in [0.5, 0.6) is 0 Å². The molecular formula is C32H42F5N5O4. The molecule has 5 rings (SSSR count). The number of alkyl halides is 3. The first-order valence-corrected chi connectivity index (χ1v) is 15.9. The van der Waals surface area contributed by atoms with E-state index in [1.807, 2.05) is 27.7 Å². The van der Waals surface area contributed by atoms with E-state index in [0.29, 0.717) is 44.9 Å². The van der Waals surface area contributed by atoms with Gasteiger partial charge in [0.1, 0.15) is 5.60 Å². The molecule has 14 heteroatoms. The van der Waals surface area contributed by atoms with Gasteiger partial charge in [0.15, 0.2) is 23.6 Å². The third kappa shape index (κ3) is 7.48. The molecule has 1 aromatic heterocycles. The summed E-state index contributed by atoms with van der Waals surface area (Å²) in [5.74, 6) is -4.45. The number of halogens is 5. The van der Waals surface area contributed by atoms with E-state index in [1.54, 1.807) is 14.5 Å². The van der Waals surface area contributed by atoms with Gasteiger partial charge >= 0.3 is 12.3 Å². The zero-order valence-electron chi connectivity index (χ0n) is 26.8. The average molecular weight is 656 g/mol. The van der Waals surface area contributed by atoms with Crippen molar-refractivity contribution in [3.8, 4) is 0 Å². The monoisotopic (exact) mass is 655 g/mol. The maximum atomic E-state index is 14.3. The molecule has 3 fully saturated rings. The topological polar surface area (TPSA) is 80.1 Å². The Kier molecular flexibility index (Phi) is 9.97. The third-order valence-electron chi connectivity index (χ3n) is 8.93. The van der Waals surface area contributed by atoms with Crippen molar-refractivity contribution < 1.29 is 41.0 Å². The van der Waals surface area contributed by atoms with Crippen molar-refractivity contribution in [1.29, 1.82) is 0 Å². The molecule has 254 valence electrons. The standard InChI is InChI=1S/C32H42F5N5O4/c1-20-24(19-39-14-16-41(17-15-39)30(44)46-31(2,3)4)42(25-7-5-6-18-45-25)38-28(20)29(43)40-12-10-21(11-13-40)22-8-9-23(33)27(34)26(22)32(35,36)37/h8-9,21,25H,5-7,10-19H2,1-4H3. The molecule has 1 unspecified atom stereocenters. The number of piperazine rings is 1. The molecule has 2 aromatic rings. The highest BCUT2D eigenvalue weighted by molar-refractivity contribution is 5.94. The first-order chi connectivity index (χ1) is 21.6. The number of benzene rings is 1. The Morgan fingerprint density at radius 2 is 1.63 bits per heavy atom. The SMILES string of the molecule is Cc1c(C(=O)N2CCC(c3ccc(F)c(F)c3C(F)(F)F)CC2)nn(C2CCCCO2)c1CN1CCN(C(=O)OC(C)(C)C)CC1. The number of carbonyl (C=O) groups is 2. The fourth-order valence-corrected chi connectivity index (χ4v) is 6.46. The number of likely N-dealkylation sites (tertiary alicyclic amines) is 1. The lowest BCUT2D eigenvalue weighted by molar-refractivity contribution is -0.141. The minimum atomic E-state index is -5.04. The molecule has 0 saturated carbocycles. The quantitative estimate of drug-likeness (QED) is 0.354. The highest BCUT2D eigenvalue weighted by atomic mass is 19.4. The van der Waals surface area contributed by atoms with Crippen molar-refractivity contribution >= 4 is 12.0 Å². The van der Waals surface area contributed by atoms with Crippen molar-refractivity contribution in [1.82, 2.24) is 24.5 Å². The van der Waals surface area contributed by atoms with Gasteiger partial charge in [-0.05, 0) is 77.3 Å². The molecule has 3 saturated heterocycles. The van der Waals surface area contributed by atoms with Gasteiger partial charge in [0, 0.05) is 58.0 Å². The summed E-state index contributed by atoms with van der Waals surface area (Å²) in [6.07, 6.45) is -2.74. The van der Waals surface area contributed by atoms with E-state index in [2.05, 4.69) is 4.90 Å². The first kappa shape index (κ1) is 34.1. The molecule has 0 spiro atoms. The van der Waals surface area contributed by atoms with E-state index in [4.69, 9.17) is 14.6 Å². The van der Waals surface area contributed by atoms with Crippen molar-refractivity contribution in [2.24, 2.45) is 0 Å². The lowest BCUT2D eigenvalue weighted by Crippen LogP contribution is -2.49. The molecule has 0 aliphatic carbocycles. The zero-order chi connectivity index (χ0) is 33.4. The number of nitrogens with zero attached hydrogens (tertiary/aromatic N) is 5. The average Bonchev–Trinajstić information content (AvgIpc) is 3.32. The van der Waals surface area contributed by atoms with E-state index >= 15 is 0 Å². The fourth-order valence-electron chi connectivity index (χ4n) is 6.46. The van der Waals surface area contributed by atoms with Gasteiger partial charge in [0.25, 0.3) is 5.91 Å². The van der Waals surface area contributed by atoms with Crippen LogP contribution in [0.15, 0.2) is 12.1 Å². The molecule has 9 nitrogen and oxygen atoms in total. The molecule has 46 heavy (non-hydrogen) atoms. The molecule has 1 aromatic carbocycles. The molecule has 3 aliphatic rings. The van der Waals surface area contributed by atoms with Crippen molar-refractivity contribution in [3.63, 3.8) is 0 Å². The summed E-state index contributed by atoms with van der Waals surface area (Å²) in [4.78, 5) is 31.8. The van der Waals surface area contributed by atoms with Crippen molar-refractivity contribution in [2.75, 3.05) is 45.9 Å². The van der Waals surface area contributed by atoms with Crippen molar-refractivity contribution in [3.05, 3.63) is 51.8 Å². The smallest absolute Gasteiger partial charge is 0.419 e. The molecule has 3 aliphatic heterocycles. The van der Waals surface area contributed by atoms with Gasteiger partial charge in [0.2, 0.25) is 0 Å². The van der Waals surface area contributed by atoms with Crippen LogP contribution in [0, 0.1) is 18.6 Å². The van der Waals surface area contributed by atoms with Crippen LogP contribution in [0.2, 0.25) is 0 Å². The maximum absolute atomic E-state index is 14.3. The minimum Gasteiger partial charge on any atom is -0.444 e. The predicted octanol–water partition coefficient (Wildman–Crippen LogP) is 6.26. The summed E-state index contributed by atoms with van der Waals surface area (Å²) < 4.78 is 82.3. The molecular weight excluding hydrogens is 613 g/mol. The number of rotatable bonds is 5. The summed E-state index contributed by atoms with van der Waals surface area (Å²) in [7, 11) is 0. The minimum absolute atomic E-state index is 0.147. The van der Waals surface area contributed by atoms with Crippen LogP contribution >= 0.6 is 0 Å². The van der Waals surface area contributed by atoms with Crippen LogP contribution in [0.4, 0.5) is 26.7 Å². The largest absolute Gasteiger partial charge is 0.444 e. The molecule has 4 heterocycles. The lowest BCUT2D eigenvalue weighted by Gasteiger charge is -2.36. The number of carbonyl (C=O) groups excluding carboxylic acids is 2. The summed E-state index contributed by atoms with van der Waals surface area (Å²) in [6.45, 7) is 10.9. The Morgan fingerprint density at radius 3 is 2.22 bits per heavy atom. The zero-order valence-corrected chi connectivity index (χ0v) is 26.8. The van der Waals surface area contributed by atoms with Crippen LogP contribution in [-0.4, -0.2) is 88.0 Å². The second kappa shape index (κ2) is 13.5. The van der Waals surface area contributed by atoms with Gasteiger partial charge in [-0.25, -0.2) is 18.3 Å². The first-order valence-electron chi connectivity index (χ1n) is 15.9. The number of hydrogen-bond acceptors (Lipinski definition) is 6. The van der Waals surface area contributed by atoms with Gasteiger partial charge in [-0.15, -0.1) is 0 Å². The van der Waals surface area contributed by atoms with Gasteiger partial charge < -0.3 is 19.3 Å². The second-order valence-corrected chi connectivity index (χ2v) is 13.3. The van der Waals surface area contributed by atoms with Crippen LogP contribution in [0.1, 0.15) is 97.9 Å². The Bertz CT molecular complexity index is 1420. The highest BCUT2D eigenvalue weighted by Crippen LogP contribution is 2.41. The van der Waals surface area contributed by atoms with E-state index in [9.17, 15) is 31.5 Å². The Labute approximate surface area is 265 Å². The van der Waals surface area contributed by atoms with E-state index in [-0.39, 0.29) is 55.4 Å². The van der Waals surface area contributed by atoms with Gasteiger partial charge in [0.05, 0.1) is 11.3 Å². The number of ether oxygens (including phenoxy) is 2. The number of amides is 2. The molecule has 0 N–H and O–H groups in total. The van der Waals surface area contributed by atoms with E-state index in [0.717, 1.165) is 37.1 Å². The van der Waals surface area contributed by atoms with Crippen LogP contribution in [-0.2, 0) is 22.2 Å². The normalized spacial score (nSPS) is 20.7. The fraction of sp³-hybridized carbons (Fsp3) is 0.656. The Balaban J connectivity index is 1.30. The molecule has 0 bridgehead atoms. The Morgan fingerprint density at radius 1 is 0.957 bits per heavy atom. The number of aromatic nitrogens is 2. The highest BCUT2D eigenvalue weighted by Gasteiger charge is 2.41. The molecule has 0 radical (unpaired) electrons. The van der Waals surface area contributed by atoms with Crippen LogP contribution < -0.4 is 0 Å².